The number of hydrogen-bond donors (Lipinski definition) is 3. The number of fused-ring (bicyclic) bond motifs is 1. The van der Waals surface area contributed by atoms with Gasteiger partial charge in [-0.25, -0.2) is 9.97 Å². The summed E-state index contributed by atoms with van der Waals surface area (Å²) in [5.41, 5.74) is 13.5. The molecule has 5 N–H and O–H groups in total. The van der Waals surface area contributed by atoms with Crippen LogP contribution in [0.4, 0.5) is 5.69 Å². The van der Waals surface area contributed by atoms with E-state index < -0.39 is 5.91 Å². The summed E-state index contributed by atoms with van der Waals surface area (Å²) < 4.78 is 0. The van der Waals surface area contributed by atoms with Crippen LogP contribution in [0.15, 0.2) is 30.5 Å². The van der Waals surface area contributed by atoms with Crippen molar-refractivity contribution in [3.05, 3.63) is 47.3 Å². The summed E-state index contributed by atoms with van der Waals surface area (Å²) in [6, 6.07) is 8.53. The van der Waals surface area contributed by atoms with Gasteiger partial charge in [-0.2, -0.15) is 5.26 Å². The van der Waals surface area contributed by atoms with E-state index in [4.69, 9.17) is 11.5 Å². The van der Waals surface area contributed by atoms with E-state index in [1.165, 1.54) is 18.3 Å². The van der Waals surface area contributed by atoms with Gasteiger partial charge in [0.05, 0.1) is 17.3 Å². The van der Waals surface area contributed by atoms with Crippen molar-refractivity contribution in [1.29, 1.82) is 5.26 Å². The van der Waals surface area contributed by atoms with E-state index in [0.29, 0.717) is 27.6 Å². The third-order valence-electron chi connectivity index (χ3n) is 3.85. The quantitative estimate of drug-likeness (QED) is 0.659. The van der Waals surface area contributed by atoms with E-state index in [1.807, 2.05) is 0 Å². The van der Waals surface area contributed by atoms with Crippen LogP contribution in [0.1, 0.15) is 21.6 Å². The summed E-state index contributed by atoms with van der Waals surface area (Å²) >= 11 is 0. The first kappa shape index (κ1) is 15.2. The monoisotopic (exact) mass is 319 g/mol. The summed E-state index contributed by atoms with van der Waals surface area (Å²) in [4.78, 5) is 19.9. The number of carbonyl (C=O) groups is 1. The fourth-order valence-corrected chi connectivity index (χ4v) is 2.66. The second-order valence-corrected chi connectivity index (χ2v) is 5.23. The largest absolute Gasteiger partial charge is 0.508 e. The first-order valence-corrected chi connectivity index (χ1v) is 7.02. The van der Waals surface area contributed by atoms with Crippen molar-refractivity contribution in [1.82, 2.24) is 9.97 Å². The minimum Gasteiger partial charge on any atom is -0.508 e. The molecule has 0 unspecified atom stereocenters. The first-order valence-electron chi connectivity index (χ1n) is 7.02. The lowest BCUT2D eigenvalue weighted by molar-refractivity contribution is 0.0997. The van der Waals surface area contributed by atoms with Crippen LogP contribution < -0.4 is 11.5 Å². The molecule has 2 heterocycles. The molecule has 0 aliphatic carbocycles. The Morgan fingerprint density at radius 1 is 1.33 bits per heavy atom. The zero-order valence-electron chi connectivity index (χ0n) is 12.7. The van der Waals surface area contributed by atoms with Crippen molar-refractivity contribution < 1.29 is 9.90 Å². The van der Waals surface area contributed by atoms with Crippen molar-refractivity contribution in [2.75, 3.05) is 5.73 Å². The molecule has 0 atom stereocenters. The van der Waals surface area contributed by atoms with Gasteiger partial charge in [0.15, 0.2) is 11.3 Å². The maximum Gasteiger partial charge on any atom is 0.269 e. The summed E-state index contributed by atoms with van der Waals surface area (Å²) in [5, 5.41) is 19.8. The molecule has 3 aromatic rings. The minimum absolute atomic E-state index is 0.0493. The lowest BCUT2D eigenvalue weighted by Gasteiger charge is -2.15. The van der Waals surface area contributed by atoms with Crippen LogP contribution in [-0.2, 0) is 0 Å². The lowest BCUT2D eigenvalue weighted by atomic mass is 9.93. The summed E-state index contributed by atoms with van der Waals surface area (Å²) in [6.07, 6.45) is 1.42. The van der Waals surface area contributed by atoms with Crippen molar-refractivity contribution in [3.63, 3.8) is 0 Å². The Morgan fingerprint density at radius 2 is 2.08 bits per heavy atom. The second-order valence-electron chi connectivity index (χ2n) is 5.23. The molecule has 0 aliphatic rings. The number of hydrogen-bond acceptors (Lipinski definition) is 6. The van der Waals surface area contributed by atoms with Gasteiger partial charge in [-0.05, 0) is 30.2 Å². The topological polar surface area (TPSA) is 139 Å². The number of carbonyl (C=O) groups excluding carboxylic acids is 1. The van der Waals surface area contributed by atoms with Gasteiger partial charge in [0, 0.05) is 17.1 Å². The standard InChI is InChI=1S/C17H13N5O2/c1-8-10(3-2-4-11(8)23)13-12-9(7-18)5-6-21-17(12)22-15(14(13)19)16(20)24/h2-6,23H,19H2,1H3,(H2,20,24). The minimum atomic E-state index is -0.794. The number of rotatable bonds is 2. The Labute approximate surface area is 137 Å². The molecule has 1 amide bonds. The van der Waals surface area contributed by atoms with Crippen LogP contribution in [0.3, 0.4) is 0 Å². The SMILES string of the molecule is Cc1c(O)cccc1-c1c(N)c(C(N)=O)nc2nccc(C#N)c12. The Morgan fingerprint density at radius 3 is 2.75 bits per heavy atom. The van der Waals surface area contributed by atoms with Gasteiger partial charge in [-0.1, -0.05) is 12.1 Å². The number of primary amides is 1. The van der Waals surface area contributed by atoms with Gasteiger partial charge in [-0.15, -0.1) is 0 Å². The number of nitrogen functional groups attached to an aromatic ring is 1. The number of phenolic OH excluding ortho intramolecular Hbond substituents is 1. The van der Waals surface area contributed by atoms with E-state index in [9.17, 15) is 15.2 Å². The zero-order valence-corrected chi connectivity index (χ0v) is 12.7. The van der Waals surface area contributed by atoms with Gasteiger partial charge < -0.3 is 16.6 Å². The number of phenols is 1. The molecule has 1 aromatic carbocycles. The molecule has 7 nitrogen and oxygen atoms in total. The zero-order chi connectivity index (χ0) is 17.4. The summed E-state index contributed by atoms with van der Waals surface area (Å²) in [5.74, 6) is -0.725. The summed E-state index contributed by atoms with van der Waals surface area (Å²) in [6.45, 7) is 1.71. The molecule has 0 radical (unpaired) electrons. The first-order chi connectivity index (χ1) is 11.5. The van der Waals surface area contributed by atoms with Gasteiger partial charge in [0.2, 0.25) is 0 Å². The van der Waals surface area contributed by atoms with Crippen molar-refractivity contribution in [2.24, 2.45) is 5.73 Å². The van der Waals surface area contributed by atoms with Crippen LogP contribution in [-0.4, -0.2) is 21.0 Å². The number of nitriles is 1. The summed E-state index contributed by atoms with van der Waals surface area (Å²) in [7, 11) is 0. The number of nitrogens with zero attached hydrogens (tertiary/aromatic N) is 3. The normalized spacial score (nSPS) is 10.5. The van der Waals surface area contributed by atoms with Gasteiger partial charge >= 0.3 is 0 Å². The molecular weight excluding hydrogens is 306 g/mol. The van der Waals surface area contributed by atoms with Crippen molar-refractivity contribution in [2.45, 2.75) is 6.92 Å². The smallest absolute Gasteiger partial charge is 0.269 e. The maximum atomic E-state index is 11.7. The van der Waals surface area contributed by atoms with E-state index in [-0.39, 0.29) is 22.8 Å². The number of aromatic nitrogens is 2. The van der Waals surface area contributed by atoms with Crippen LogP contribution >= 0.6 is 0 Å². The Balaban J connectivity index is 2.58. The van der Waals surface area contributed by atoms with Gasteiger partial charge in [0.1, 0.15) is 5.75 Å². The van der Waals surface area contributed by atoms with E-state index in [0.717, 1.165) is 0 Å². The highest BCUT2D eigenvalue weighted by Crippen LogP contribution is 2.39. The molecule has 0 bridgehead atoms. The Kier molecular flexibility index (Phi) is 3.50. The highest BCUT2D eigenvalue weighted by atomic mass is 16.3. The number of aromatic hydroxyl groups is 1. The second kappa shape index (κ2) is 5.52. The van der Waals surface area contributed by atoms with E-state index >= 15 is 0 Å². The van der Waals surface area contributed by atoms with E-state index in [2.05, 4.69) is 16.0 Å². The number of amides is 1. The molecule has 0 saturated heterocycles. The third-order valence-corrected chi connectivity index (χ3v) is 3.85. The third kappa shape index (κ3) is 2.18. The molecule has 7 heteroatoms. The Hall–Kier alpha value is -3.66. The van der Waals surface area contributed by atoms with Crippen LogP contribution in [0.5, 0.6) is 5.75 Å². The van der Waals surface area contributed by atoms with Crippen LogP contribution in [0.25, 0.3) is 22.2 Å². The number of pyridine rings is 2. The molecule has 24 heavy (non-hydrogen) atoms. The van der Waals surface area contributed by atoms with Crippen LogP contribution in [0, 0.1) is 18.3 Å². The molecule has 0 aliphatic heterocycles. The average Bonchev–Trinajstić information content (AvgIpc) is 2.56. The fraction of sp³-hybridized carbons (Fsp3) is 0.0588. The number of nitrogens with two attached hydrogens (primary N) is 2. The number of anilines is 1. The molecule has 2 aromatic heterocycles. The highest BCUT2D eigenvalue weighted by Gasteiger charge is 2.22. The van der Waals surface area contributed by atoms with Crippen molar-refractivity contribution in [3.8, 4) is 22.9 Å². The lowest BCUT2D eigenvalue weighted by Crippen LogP contribution is -2.17. The molecule has 118 valence electrons. The Bertz CT molecular complexity index is 1040. The van der Waals surface area contributed by atoms with Gasteiger partial charge in [0.25, 0.3) is 5.91 Å². The number of benzene rings is 1. The van der Waals surface area contributed by atoms with Gasteiger partial charge in [-0.3, -0.25) is 4.79 Å². The highest BCUT2D eigenvalue weighted by molar-refractivity contribution is 6.09. The fourth-order valence-electron chi connectivity index (χ4n) is 2.66. The molecule has 3 rings (SSSR count). The predicted molar refractivity (Wildman–Crippen MR) is 89.0 cm³/mol. The molecule has 0 spiro atoms. The van der Waals surface area contributed by atoms with E-state index in [1.54, 1.807) is 19.1 Å². The average molecular weight is 319 g/mol. The van der Waals surface area contributed by atoms with Crippen molar-refractivity contribution >= 4 is 22.6 Å². The molecule has 0 saturated carbocycles. The molecular formula is C17H13N5O2. The van der Waals surface area contributed by atoms with Crippen LogP contribution in [0.2, 0.25) is 0 Å². The maximum absolute atomic E-state index is 11.7. The predicted octanol–water partition coefficient (Wildman–Crippen LogP) is 1.86. The molecule has 0 fully saturated rings.